The highest BCUT2D eigenvalue weighted by Crippen LogP contribution is 2.27. The van der Waals surface area contributed by atoms with Crippen LogP contribution >= 0.6 is 11.6 Å². The number of carbonyl (C=O) groups excluding carboxylic acids is 1. The first-order valence-electron chi connectivity index (χ1n) is 7.21. The van der Waals surface area contributed by atoms with Crippen molar-refractivity contribution in [3.63, 3.8) is 0 Å². The molecule has 0 radical (unpaired) electrons. The summed E-state index contributed by atoms with van der Waals surface area (Å²) in [6.07, 6.45) is 5.72. The van der Waals surface area contributed by atoms with Gasteiger partial charge in [-0.15, -0.1) is 0 Å². The van der Waals surface area contributed by atoms with E-state index in [-0.39, 0.29) is 11.9 Å². The normalized spacial score (nSPS) is 22.4. The van der Waals surface area contributed by atoms with Crippen LogP contribution in [-0.2, 0) is 0 Å². The fourth-order valence-electron chi connectivity index (χ4n) is 2.81. The molecule has 0 heterocycles. The fraction of sp³-hybridized carbons (Fsp3) is 0.533. The van der Waals surface area contributed by atoms with Gasteiger partial charge in [0, 0.05) is 11.1 Å². The Morgan fingerprint density at radius 2 is 2.05 bits per heavy atom. The molecule has 2 rings (SSSR count). The number of nitrogens with one attached hydrogen (secondary N) is 2. The lowest BCUT2D eigenvalue weighted by Gasteiger charge is -2.28. The third-order valence-electron chi connectivity index (χ3n) is 4.14. The molecule has 110 valence electrons. The van der Waals surface area contributed by atoms with Crippen LogP contribution < -0.4 is 16.6 Å². The van der Waals surface area contributed by atoms with Crippen LogP contribution in [0.1, 0.15) is 49.4 Å². The molecule has 0 atom stereocenters. The molecule has 0 spiro atoms. The topological polar surface area (TPSA) is 67.2 Å². The third kappa shape index (κ3) is 3.64. The van der Waals surface area contributed by atoms with Crippen molar-refractivity contribution < 1.29 is 4.79 Å². The number of benzene rings is 1. The Balaban J connectivity index is 2.00. The van der Waals surface area contributed by atoms with Crippen LogP contribution in [-0.4, -0.2) is 11.9 Å². The highest BCUT2D eigenvalue weighted by Gasteiger charge is 2.22. The smallest absolute Gasteiger partial charge is 0.253 e. The molecular weight excluding hydrogens is 274 g/mol. The summed E-state index contributed by atoms with van der Waals surface area (Å²) in [4.78, 5) is 12.3. The van der Waals surface area contributed by atoms with Crippen LogP contribution in [0.15, 0.2) is 18.2 Å². The van der Waals surface area contributed by atoms with E-state index >= 15 is 0 Å². The molecule has 1 amide bonds. The summed E-state index contributed by atoms with van der Waals surface area (Å²) in [7, 11) is 0. The zero-order valence-corrected chi connectivity index (χ0v) is 12.5. The van der Waals surface area contributed by atoms with Gasteiger partial charge in [0.25, 0.3) is 5.91 Å². The van der Waals surface area contributed by atoms with Gasteiger partial charge in [-0.05, 0) is 49.8 Å². The van der Waals surface area contributed by atoms with Gasteiger partial charge in [0.05, 0.1) is 11.3 Å². The summed E-state index contributed by atoms with van der Waals surface area (Å²) in [6.45, 7) is 2.23. The number of hydrogen-bond acceptors (Lipinski definition) is 3. The monoisotopic (exact) mass is 295 g/mol. The van der Waals surface area contributed by atoms with E-state index in [9.17, 15) is 4.79 Å². The van der Waals surface area contributed by atoms with Gasteiger partial charge in [-0.25, -0.2) is 0 Å². The Bertz CT molecular complexity index is 470. The summed E-state index contributed by atoms with van der Waals surface area (Å²) < 4.78 is 0. The number of hydrazine groups is 1. The van der Waals surface area contributed by atoms with Crippen molar-refractivity contribution in [2.75, 3.05) is 5.43 Å². The molecule has 1 saturated carbocycles. The third-order valence-corrected chi connectivity index (χ3v) is 4.38. The number of rotatable bonds is 4. The number of hydrogen-bond donors (Lipinski definition) is 3. The van der Waals surface area contributed by atoms with Gasteiger partial charge >= 0.3 is 0 Å². The van der Waals surface area contributed by atoms with E-state index in [1.807, 2.05) is 0 Å². The average molecular weight is 296 g/mol. The number of halogens is 1. The number of carbonyl (C=O) groups is 1. The summed E-state index contributed by atoms with van der Waals surface area (Å²) in [5.74, 6) is 6.14. The van der Waals surface area contributed by atoms with Gasteiger partial charge in [-0.2, -0.15) is 0 Å². The SMILES string of the molecule is CCC1CCC(NC(=O)c2cc(Cl)ccc2NN)CC1. The number of amides is 1. The van der Waals surface area contributed by atoms with E-state index in [0.29, 0.717) is 16.3 Å². The summed E-state index contributed by atoms with van der Waals surface area (Å²) >= 11 is 5.95. The maximum atomic E-state index is 12.3. The second kappa shape index (κ2) is 6.95. The lowest BCUT2D eigenvalue weighted by molar-refractivity contribution is 0.0922. The Hall–Kier alpha value is -1.26. The van der Waals surface area contributed by atoms with Crippen LogP contribution in [0.2, 0.25) is 5.02 Å². The molecule has 0 unspecified atom stereocenters. The van der Waals surface area contributed by atoms with Gasteiger partial charge in [0.2, 0.25) is 0 Å². The van der Waals surface area contributed by atoms with Crippen molar-refractivity contribution in [2.24, 2.45) is 11.8 Å². The largest absolute Gasteiger partial charge is 0.349 e. The molecule has 1 aromatic carbocycles. The van der Waals surface area contributed by atoms with Gasteiger partial charge in [0.15, 0.2) is 0 Å². The Labute approximate surface area is 125 Å². The van der Waals surface area contributed by atoms with Crippen LogP contribution in [0.25, 0.3) is 0 Å². The molecule has 4 nitrogen and oxygen atoms in total. The molecule has 1 aliphatic carbocycles. The van der Waals surface area contributed by atoms with E-state index in [4.69, 9.17) is 17.4 Å². The molecule has 1 aromatic rings. The summed E-state index contributed by atoms with van der Waals surface area (Å²) in [5.41, 5.74) is 3.63. The van der Waals surface area contributed by atoms with E-state index in [1.165, 1.54) is 19.3 Å². The van der Waals surface area contributed by atoms with E-state index in [1.54, 1.807) is 18.2 Å². The van der Waals surface area contributed by atoms with Crippen LogP contribution in [0.3, 0.4) is 0 Å². The van der Waals surface area contributed by atoms with Gasteiger partial charge in [-0.3, -0.25) is 10.6 Å². The molecular formula is C15H22ClN3O. The molecule has 0 bridgehead atoms. The number of nitrogens with two attached hydrogens (primary N) is 1. The minimum Gasteiger partial charge on any atom is -0.349 e. The zero-order valence-electron chi connectivity index (χ0n) is 11.8. The Kier molecular flexibility index (Phi) is 5.26. The minimum absolute atomic E-state index is 0.111. The van der Waals surface area contributed by atoms with Crippen LogP contribution in [0, 0.1) is 5.92 Å². The van der Waals surface area contributed by atoms with Crippen molar-refractivity contribution >= 4 is 23.2 Å². The summed E-state index contributed by atoms with van der Waals surface area (Å²) in [5, 5.41) is 3.62. The predicted octanol–water partition coefficient (Wildman–Crippen LogP) is 3.32. The molecule has 0 aliphatic heterocycles. The first kappa shape index (κ1) is 15.1. The lowest BCUT2D eigenvalue weighted by atomic mass is 9.84. The van der Waals surface area contributed by atoms with E-state index in [0.717, 1.165) is 18.8 Å². The molecule has 1 fully saturated rings. The lowest BCUT2D eigenvalue weighted by Crippen LogP contribution is -2.38. The second-order valence-electron chi connectivity index (χ2n) is 5.43. The molecule has 0 aromatic heterocycles. The van der Waals surface area contributed by atoms with Crippen molar-refractivity contribution in [3.8, 4) is 0 Å². The quantitative estimate of drug-likeness (QED) is 0.589. The predicted molar refractivity (Wildman–Crippen MR) is 82.8 cm³/mol. The molecule has 5 heteroatoms. The van der Waals surface area contributed by atoms with E-state index in [2.05, 4.69) is 17.7 Å². The highest BCUT2D eigenvalue weighted by molar-refractivity contribution is 6.31. The van der Waals surface area contributed by atoms with Crippen molar-refractivity contribution in [1.29, 1.82) is 0 Å². The average Bonchev–Trinajstić information content (AvgIpc) is 2.48. The van der Waals surface area contributed by atoms with Crippen molar-refractivity contribution in [3.05, 3.63) is 28.8 Å². The second-order valence-corrected chi connectivity index (χ2v) is 5.87. The van der Waals surface area contributed by atoms with Crippen LogP contribution in [0.5, 0.6) is 0 Å². The molecule has 1 aliphatic rings. The van der Waals surface area contributed by atoms with Crippen molar-refractivity contribution in [1.82, 2.24) is 5.32 Å². The first-order chi connectivity index (χ1) is 9.63. The van der Waals surface area contributed by atoms with Crippen LogP contribution in [0.4, 0.5) is 5.69 Å². The molecule has 20 heavy (non-hydrogen) atoms. The minimum atomic E-state index is -0.111. The number of anilines is 1. The van der Waals surface area contributed by atoms with Crippen molar-refractivity contribution in [2.45, 2.75) is 45.1 Å². The highest BCUT2D eigenvalue weighted by atomic mass is 35.5. The first-order valence-corrected chi connectivity index (χ1v) is 7.58. The molecule has 0 saturated heterocycles. The molecule has 4 N–H and O–H groups in total. The maximum absolute atomic E-state index is 12.3. The van der Waals surface area contributed by atoms with Gasteiger partial charge in [-0.1, -0.05) is 24.9 Å². The zero-order chi connectivity index (χ0) is 14.5. The van der Waals surface area contributed by atoms with Gasteiger partial charge in [0.1, 0.15) is 0 Å². The Morgan fingerprint density at radius 3 is 2.65 bits per heavy atom. The number of nitrogen functional groups attached to an aromatic ring is 1. The fourth-order valence-corrected chi connectivity index (χ4v) is 2.98. The maximum Gasteiger partial charge on any atom is 0.253 e. The van der Waals surface area contributed by atoms with Gasteiger partial charge < -0.3 is 10.7 Å². The summed E-state index contributed by atoms with van der Waals surface area (Å²) in [6, 6.07) is 5.32. The standard InChI is InChI=1S/C15H22ClN3O/c1-2-10-3-6-12(7-4-10)18-15(20)13-9-11(16)5-8-14(13)19-17/h5,8-10,12,19H,2-4,6-7,17H2,1H3,(H,18,20). The Morgan fingerprint density at radius 1 is 1.35 bits per heavy atom. The van der Waals surface area contributed by atoms with E-state index < -0.39 is 0 Å².